The Labute approximate surface area is 104 Å². The molecule has 3 N–H and O–H groups in total. The van der Waals surface area contributed by atoms with Gasteiger partial charge < -0.3 is 15.5 Å². The molecule has 5 nitrogen and oxygen atoms in total. The number of aromatic amines is 1. The number of nitrogens with one attached hydrogen (secondary N) is 1. The zero-order valence-corrected chi connectivity index (χ0v) is 9.84. The van der Waals surface area contributed by atoms with Gasteiger partial charge in [0.25, 0.3) is 0 Å². The van der Waals surface area contributed by atoms with Crippen molar-refractivity contribution in [2.45, 2.75) is 0 Å². The largest absolute Gasteiger partial charge is 0.497 e. The van der Waals surface area contributed by atoms with Crippen LogP contribution in [-0.4, -0.2) is 22.1 Å². The summed E-state index contributed by atoms with van der Waals surface area (Å²) < 4.78 is 5.18. The number of aromatic nitrogens is 3. The summed E-state index contributed by atoms with van der Waals surface area (Å²) >= 11 is 0. The third-order valence-electron chi connectivity index (χ3n) is 2.74. The van der Waals surface area contributed by atoms with Gasteiger partial charge in [-0.2, -0.15) is 0 Å². The minimum atomic E-state index is 0.477. The van der Waals surface area contributed by atoms with Crippen LogP contribution in [0.3, 0.4) is 0 Å². The van der Waals surface area contributed by atoms with Crippen molar-refractivity contribution in [1.29, 1.82) is 0 Å². The van der Waals surface area contributed by atoms with Crippen LogP contribution in [0.25, 0.3) is 22.4 Å². The maximum absolute atomic E-state index is 5.66. The standard InChI is InChI=1S/C13H12N4O/c1-18-9-2-3-10-11(7-9)17-13(16-10)8-4-5-15-12(14)6-8/h2-7H,1H3,(H2,14,15)(H,16,17). The molecule has 2 aromatic heterocycles. The van der Waals surface area contributed by atoms with Crippen LogP contribution >= 0.6 is 0 Å². The fourth-order valence-corrected chi connectivity index (χ4v) is 1.85. The molecule has 0 amide bonds. The number of nitrogen functional groups attached to an aromatic ring is 1. The second kappa shape index (κ2) is 4.03. The number of nitrogens with zero attached hydrogens (tertiary/aromatic N) is 2. The van der Waals surface area contributed by atoms with Gasteiger partial charge in [0.05, 0.1) is 18.1 Å². The van der Waals surface area contributed by atoms with Crippen LogP contribution < -0.4 is 10.5 Å². The molecule has 0 fully saturated rings. The van der Waals surface area contributed by atoms with E-state index in [0.717, 1.165) is 28.2 Å². The Bertz CT molecular complexity index is 705. The highest BCUT2D eigenvalue weighted by molar-refractivity contribution is 5.80. The molecule has 2 heterocycles. The lowest BCUT2D eigenvalue weighted by atomic mass is 10.2. The molecule has 3 rings (SSSR count). The normalized spacial score (nSPS) is 10.7. The van der Waals surface area contributed by atoms with Gasteiger partial charge in [-0.3, -0.25) is 0 Å². The second-order valence-electron chi connectivity index (χ2n) is 3.94. The van der Waals surface area contributed by atoms with Crippen LogP contribution in [0, 0.1) is 0 Å². The minimum absolute atomic E-state index is 0.477. The summed E-state index contributed by atoms with van der Waals surface area (Å²) in [5, 5.41) is 0. The Morgan fingerprint density at radius 2 is 2.11 bits per heavy atom. The van der Waals surface area contributed by atoms with Crippen molar-refractivity contribution in [3.05, 3.63) is 36.5 Å². The number of anilines is 1. The summed E-state index contributed by atoms with van der Waals surface area (Å²) in [5.74, 6) is 2.05. The fraction of sp³-hybridized carbons (Fsp3) is 0.0769. The fourth-order valence-electron chi connectivity index (χ4n) is 1.85. The Morgan fingerprint density at radius 3 is 2.89 bits per heavy atom. The predicted octanol–water partition coefficient (Wildman–Crippen LogP) is 2.22. The van der Waals surface area contributed by atoms with Crippen LogP contribution in [0.5, 0.6) is 5.75 Å². The van der Waals surface area contributed by atoms with Crippen molar-refractivity contribution >= 4 is 16.9 Å². The van der Waals surface area contributed by atoms with Crippen molar-refractivity contribution in [2.24, 2.45) is 0 Å². The van der Waals surface area contributed by atoms with Crippen molar-refractivity contribution in [3.63, 3.8) is 0 Å². The lowest BCUT2D eigenvalue weighted by Gasteiger charge is -1.97. The van der Waals surface area contributed by atoms with Crippen molar-refractivity contribution in [2.75, 3.05) is 12.8 Å². The Hall–Kier alpha value is -2.56. The summed E-state index contributed by atoms with van der Waals surface area (Å²) in [6.45, 7) is 0. The van der Waals surface area contributed by atoms with Crippen LogP contribution in [0.15, 0.2) is 36.5 Å². The van der Waals surface area contributed by atoms with Gasteiger partial charge in [0, 0.05) is 17.8 Å². The first-order valence-electron chi connectivity index (χ1n) is 5.52. The third-order valence-corrected chi connectivity index (χ3v) is 2.74. The van der Waals surface area contributed by atoms with E-state index in [2.05, 4.69) is 15.0 Å². The van der Waals surface area contributed by atoms with E-state index in [4.69, 9.17) is 10.5 Å². The quantitative estimate of drug-likeness (QED) is 0.720. The predicted molar refractivity (Wildman–Crippen MR) is 70.3 cm³/mol. The molecule has 0 aliphatic heterocycles. The number of hydrogen-bond acceptors (Lipinski definition) is 4. The van der Waals surface area contributed by atoms with Gasteiger partial charge in [-0.05, 0) is 24.3 Å². The maximum atomic E-state index is 5.66. The Kier molecular flexibility index (Phi) is 2.37. The van der Waals surface area contributed by atoms with Crippen LogP contribution in [0.4, 0.5) is 5.82 Å². The summed E-state index contributed by atoms with van der Waals surface area (Å²) in [7, 11) is 1.64. The monoisotopic (exact) mass is 240 g/mol. The summed E-state index contributed by atoms with van der Waals surface area (Å²) in [5.41, 5.74) is 8.40. The van der Waals surface area contributed by atoms with E-state index >= 15 is 0 Å². The molecule has 18 heavy (non-hydrogen) atoms. The number of methoxy groups -OCH3 is 1. The zero-order valence-electron chi connectivity index (χ0n) is 9.84. The number of H-pyrrole nitrogens is 1. The molecule has 0 unspecified atom stereocenters. The summed E-state index contributed by atoms with van der Waals surface area (Å²) in [4.78, 5) is 11.7. The van der Waals surface area contributed by atoms with Gasteiger partial charge in [-0.15, -0.1) is 0 Å². The molecular weight excluding hydrogens is 228 g/mol. The van der Waals surface area contributed by atoms with E-state index in [-0.39, 0.29) is 0 Å². The Balaban J connectivity index is 2.13. The number of imidazole rings is 1. The van der Waals surface area contributed by atoms with Gasteiger partial charge >= 0.3 is 0 Å². The van der Waals surface area contributed by atoms with Crippen LogP contribution in [-0.2, 0) is 0 Å². The van der Waals surface area contributed by atoms with E-state index in [1.807, 2.05) is 24.3 Å². The molecule has 0 aliphatic carbocycles. The van der Waals surface area contributed by atoms with Gasteiger partial charge in [0.1, 0.15) is 17.4 Å². The average Bonchev–Trinajstić information content (AvgIpc) is 2.81. The second-order valence-corrected chi connectivity index (χ2v) is 3.94. The number of benzene rings is 1. The van der Waals surface area contributed by atoms with Crippen LogP contribution in [0.1, 0.15) is 0 Å². The van der Waals surface area contributed by atoms with Gasteiger partial charge in [0.2, 0.25) is 0 Å². The summed E-state index contributed by atoms with van der Waals surface area (Å²) in [6, 6.07) is 9.36. The lowest BCUT2D eigenvalue weighted by Crippen LogP contribution is -1.90. The number of nitrogens with two attached hydrogens (primary N) is 1. The number of fused-ring (bicyclic) bond motifs is 1. The molecular formula is C13H12N4O. The number of hydrogen-bond donors (Lipinski definition) is 2. The Morgan fingerprint density at radius 1 is 1.22 bits per heavy atom. The number of ether oxygens (including phenoxy) is 1. The van der Waals surface area contributed by atoms with Gasteiger partial charge in [0.15, 0.2) is 0 Å². The van der Waals surface area contributed by atoms with E-state index < -0.39 is 0 Å². The van der Waals surface area contributed by atoms with E-state index in [9.17, 15) is 0 Å². The molecule has 0 bridgehead atoms. The molecule has 1 aromatic carbocycles. The molecule has 0 saturated heterocycles. The van der Waals surface area contributed by atoms with Crippen molar-refractivity contribution in [1.82, 2.24) is 15.0 Å². The number of pyridine rings is 1. The smallest absolute Gasteiger partial charge is 0.138 e. The van der Waals surface area contributed by atoms with E-state index in [1.54, 1.807) is 19.4 Å². The highest BCUT2D eigenvalue weighted by Gasteiger charge is 2.06. The first-order chi connectivity index (χ1) is 8.76. The third kappa shape index (κ3) is 1.75. The molecule has 90 valence electrons. The summed E-state index contributed by atoms with van der Waals surface area (Å²) in [6.07, 6.45) is 1.67. The molecule has 0 aliphatic rings. The first kappa shape index (κ1) is 10.6. The average molecular weight is 240 g/mol. The molecule has 5 heteroatoms. The molecule has 0 radical (unpaired) electrons. The highest BCUT2D eigenvalue weighted by atomic mass is 16.5. The van der Waals surface area contributed by atoms with Gasteiger partial charge in [-0.25, -0.2) is 9.97 Å². The van der Waals surface area contributed by atoms with E-state index in [1.165, 1.54) is 0 Å². The molecule has 0 saturated carbocycles. The zero-order chi connectivity index (χ0) is 12.5. The maximum Gasteiger partial charge on any atom is 0.138 e. The SMILES string of the molecule is COc1ccc2nc(-c3ccnc(N)c3)[nH]c2c1. The highest BCUT2D eigenvalue weighted by Crippen LogP contribution is 2.23. The lowest BCUT2D eigenvalue weighted by molar-refractivity contribution is 0.415. The molecule has 0 atom stereocenters. The van der Waals surface area contributed by atoms with Crippen molar-refractivity contribution in [3.8, 4) is 17.1 Å². The molecule has 3 aromatic rings. The topological polar surface area (TPSA) is 76.8 Å². The van der Waals surface area contributed by atoms with E-state index in [0.29, 0.717) is 5.82 Å². The minimum Gasteiger partial charge on any atom is -0.497 e. The van der Waals surface area contributed by atoms with Crippen molar-refractivity contribution < 1.29 is 4.74 Å². The number of rotatable bonds is 2. The first-order valence-corrected chi connectivity index (χ1v) is 5.52. The van der Waals surface area contributed by atoms with Gasteiger partial charge in [-0.1, -0.05) is 0 Å². The van der Waals surface area contributed by atoms with Crippen LogP contribution in [0.2, 0.25) is 0 Å². The molecule has 0 spiro atoms.